The van der Waals surface area contributed by atoms with E-state index in [-0.39, 0.29) is 23.8 Å². The highest BCUT2D eigenvalue weighted by Crippen LogP contribution is 2.71. The van der Waals surface area contributed by atoms with Gasteiger partial charge in [-0.2, -0.15) is 0 Å². The number of methoxy groups -OCH3 is 1. The first-order chi connectivity index (χ1) is 15.6. The molecule has 0 radical (unpaired) electrons. The Morgan fingerprint density at radius 1 is 1.18 bits per heavy atom. The van der Waals surface area contributed by atoms with Crippen molar-refractivity contribution < 1.29 is 33.0 Å². The third-order valence-corrected chi connectivity index (χ3v) is 9.50. The van der Waals surface area contributed by atoms with Gasteiger partial charge < -0.3 is 18.6 Å². The van der Waals surface area contributed by atoms with E-state index in [1.165, 1.54) is 13.2 Å². The van der Waals surface area contributed by atoms with Crippen molar-refractivity contribution in [2.45, 2.75) is 58.3 Å². The molecule has 2 saturated heterocycles. The molecule has 7 heteroatoms. The maximum Gasteiger partial charge on any atom is 0.316 e. The Labute approximate surface area is 192 Å². The third-order valence-electron chi connectivity index (χ3n) is 9.50. The Balaban J connectivity index is 1.60. The summed E-state index contributed by atoms with van der Waals surface area (Å²) in [5.41, 5.74) is 0.184. The number of carbonyl (C=O) groups excluding carboxylic acids is 3. The van der Waals surface area contributed by atoms with Gasteiger partial charge in [0, 0.05) is 17.3 Å². The van der Waals surface area contributed by atoms with Crippen LogP contribution >= 0.6 is 0 Å². The molecule has 3 aliphatic carbocycles. The van der Waals surface area contributed by atoms with Crippen LogP contribution in [0.25, 0.3) is 0 Å². The Morgan fingerprint density at radius 3 is 2.61 bits per heavy atom. The van der Waals surface area contributed by atoms with Gasteiger partial charge in [0.15, 0.2) is 5.78 Å². The molecular formula is C26H28O7. The van der Waals surface area contributed by atoms with Crippen molar-refractivity contribution in [2.24, 2.45) is 28.1 Å². The first-order valence-electron chi connectivity index (χ1n) is 11.5. The first-order valence-corrected chi connectivity index (χ1v) is 11.5. The van der Waals surface area contributed by atoms with Gasteiger partial charge in [-0.15, -0.1) is 0 Å². The van der Waals surface area contributed by atoms with Crippen molar-refractivity contribution in [3.8, 4) is 0 Å². The normalized spacial score (nSPS) is 47.3. The van der Waals surface area contributed by atoms with E-state index in [4.69, 9.17) is 18.6 Å². The molecule has 1 saturated carbocycles. The molecule has 7 nitrogen and oxygen atoms in total. The van der Waals surface area contributed by atoms with E-state index >= 15 is 0 Å². The summed E-state index contributed by atoms with van der Waals surface area (Å²) < 4.78 is 23.3. The lowest BCUT2D eigenvalue weighted by Crippen LogP contribution is -2.67. The van der Waals surface area contributed by atoms with Crippen LogP contribution in [0.3, 0.4) is 0 Å². The molecule has 1 unspecified atom stereocenters. The number of rotatable bonds is 2. The maximum absolute atomic E-state index is 13.6. The number of esters is 2. The summed E-state index contributed by atoms with van der Waals surface area (Å²) in [5.74, 6) is -2.22. The molecule has 3 fully saturated rings. The van der Waals surface area contributed by atoms with E-state index in [1.54, 1.807) is 25.5 Å². The van der Waals surface area contributed by atoms with E-state index in [2.05, 4.69) is 6.92 Å². The van der Waals surface area contributed by atoms with Crippen LogP contribution in [0.2, 0.25) is 0 Å². The van der Waals surface area contributed by atoms with Gasteiger partial charge in [-0.1, -0.05) is 25.5 Å². The van der Waals surface area contributed by atoms with Crippen LogP contribution in [-0.4, -0.2) is 43.1 Å². The van der Waals surface area contributed by atoms with Gasteiger partial charge in [0.1, 0.15) is 12.2 Å². The minimum absolute atomic E-state index is 0.101. The van der Waals surface area contributed by atoms with Gasteiger partial charge in [-0.05, 0) is 43.5 Å². The molecule has 0 spiro atoms. The molecule has 33 heavy (non-hydrogen) atoms. The van der Waals surface area contributed by atoms with Crippen molar-refractivity contribution in [2.75, 3.05) is 7.11 Å². The van der Waals surface area contributed by atoms with Crippen molar-refractivity contribution in [1.29, 1.82) is 0 Å². The lowest BCUT2D eigenvalue weighted by atomic mass is 9.42. The highest BCUT2D eigenvalue weighted by Gasteiger charge is 2.79. The monoisotopic (exact) mass is 452 g/mol. The van der Waals surface area contributed by atoms with E-state index in [1.807, 2.05) is 19.9 Å². The van der Waals surface area contributed by atoms with Crippen LogP contribution in [-0.2, 0) is 28.6 Å². The molecule has 9 atom stereocenters. The summed E-state index contributed by atoms with van der Waals surface area (Å²) in [5, 5.41) is 0. The predicted octanol–water partition coefficient (Wildman–Crippen LogP) is 3.35. The van der Waals surface area contributed by atoms with Crippen LogP contribution in [0.5, 0.6) is 0 Å². The number of carbonyl (C=O) groups is 3. The largest absolute Gasteiger partial charge is 0.472 e. The zero-order valence-electron chi connectivity index (χ0n) is 19.4. The average molecular weight is 453 g/mol. The Bertz CT molecular complexity index is 1150. The summed E-state index contributed by atoms with van der Waals surface area (Å²) in [6, 6.07) is 1.95. The van der Waals surface area contributed by atoms with Gasteiger partial charge in [0.05, 0.1) is 42.5 Å². The van der Waals surface area contributed by atoms with E-state index in [9.17, 15) is 14.4 Å². The van der Waals surface area contributed by atoms with Crippen LogP contribution in [0, 0.1) is 28.1 Å². The zero-order chi connectivity index (χ0) is 23.5. The number of hydrogen-bond donors (Lipinski definition) is 0. The van der Waals surface area contributed by atoms with Crippen LogP contribution in [0.1, 0.15) is 45.6 Å². The summed E-state index contributed by atoms with van der Waals surface area (Å²) >= 11 is 0. The van der Waals surface area contributed by atoms with E-state index in [0.717, 1.165) is 16.7 Å². The van der Waals surface area contributed by atoms with Crippen molar-refractivity contribution in [1.82, 2.24) is 0 Å². The Hall–Kier alpha value is -2.67. The number of ketones is 1. The molecular weight excluding hydrogens is 424 g/mol. The fourth-order valence-corrected chi connectivity index (χ4v) is 8.21. The second-order valence-electron chi connectivity index (χ2n) is 10.8. The summed E-state index contributed by atoms with van der Waals surface area (Å²) in [7, 11) is 1.35. The highest BCUT2D eigenvalue weighted by atomic mass is 16.6. The first kappa shape index (κ1) is 20.9. The number of fused-ring (bicyclic) bond motifs is 4. The predicted molar refractivity (Wildman–Crippen MR) is 115 cm³/mol. The summed E-state index contributed by atoms with van der Waals surface area (Å²) in [6.45, 7) is 7.67. The molecule has 0 N–H and O–H groups in total. The molecule has 1 aromatic rings. The van der Waals surface area contributed by atoms with Gasteiger partial charge in [0.2, 0.25) is 0 Å². The van der Waals surface area contributed by atoms with E-state index < -0.39 is 46.3 Å². The van der Waals surface area contributed by atoms with Crippen molar-refractivity contribution >= 4 is 17.7 Å². The standard InChI is InChI=1S/C26H28O7/c1-12-14(13-7-9-31-11-13)10-15-17(12)26(4)20(22(28)30-5)25(3)16(27)6-8-24(2)19(25)18(21(26)32-15)33-23(24)29/h6-9,11,14-15,18-21H,10H2,1-5H3/t14-,15-,18-,19+,20?,21-,24-,25+,26+/m1/s1. The second-order valence-corrected chi connectivity index (χ2v) is 10.8. The van der Waals surface area contributed by atoms with Crippen LogP contribution in [0.4, 0.5) is 0 Å². The molecule has 3 heterocycles. The fourth-order valence-electron chi connectivity index (χ4n) is 8.21. The molecule has 0 aromatic carbocycles. The van der Waals surface area contributed by atoms with Crippen LogP contribution in [0.15, 0.2) is 46.3 Å². The molecule has 0 bridgehead atoms. The van der Waals surface area contributed by atoms with Gasteiger partial charge in [-0.3, -0.25) is 14.4 Å². The van der Waals surface area contributed by atoms with Gasteiger partial charge in [-0.25, -0.2) is 0 Å². The fraction of sp³-hybridized carbons (Fsp3) is 0.577. The molecule has 174 valence electrons. The second kappa shape index (κ2) is 6.26. The smallest absolute Gasteiger partial charge is 0.316 e. The van der Waals surface area contributed by atoms with E-state index in [0.29, 0.717) is 6.42 Å². The molecule has 2 aliphatic heterocycles. The number of hydrogen-bond acceptors (Lipinski definition) is 7. The maximum atomic E-state index is 13.6. The number of ether oxygens (including phenoxy) is 3. The lowest BCUT2D eigenvalue weighted by Gasteiger charge is -2.57. The van der Waals surface area contributed by atoms with Crippen LogP contribution < -0.4 is 0 Å². The Kier molecular flexibility index (Phi) is 3.96. The van der Waals surface area contributed by atoms with Crippen molar-refractivity contribution in [3.05, 3.63) is 47.5 Å². The Morgan fingerprint density at radius 2 is 1.94 bits per heavy atom. The number of furan rings is 1. The molecule has 6 rings (SSSR count). The minimum atomic E-state index is -1.17. The highest BCUT2D eigenvalue weighted by molar-refractivity contribution is 6.03. The topological polar surface area (TPSA) is 92.0 Å². The third kappa shape index (κ3) is 2.18. The quantitative estimate of drug-likeness (QED) is 0.502. The molecule has 0 amide bonds. The SMILES string of the molecule is COC(=O)C1[C@]2(C)C3=C(C)[C@H](c4ccoc4)C[C@H]3O[C@@H]2[C@@H]2OC(=O)[C@]3(C)C=CC(=O)[C@@]1(C)[C@@H]23. The van der Waals surface area contributed by atoms with Crippen molar-refractivity contribution in [3.63, 3.8) is 0 Å². The minimum Gasteiger partial charge on any atom is -0.472 e. The molecule has 5 aliphatic rings. The summed E-state index contributed by atoms with van der Waals surface area (Å²) in [6.07, 6.45) is 5.83. The number of allylic oxidation sites excluding steroid dienone is 2. The zero-order valence-corrected chi connectivity index (χ0v) is 19.4. The summed E-state index contributed by atoms with van der Waals surface area (Å²) in [4.78, 5) is 40.2. The average Bonchev–Trinajstić information content (AvgIpc) is 3.51. The molecule has 1 aromatic heterocycles. The lowest BCUT2D eigenvalue weighted by molar-refractivity contribution is -0.199. The van der Waals surface area contributed by atoms with Gasteiger partial charge in [0.25, 0.3) is 0 Å². The van der Waals surface area contributed by atoms with Gasteiger partial charge >= 0.3 is 11.9 Å².